The van der Waals surface area contributed by atoms with E-state index in [9.17, 15) is 4.79 Å². The van der Waals surface area contributed by atoms with Gasteiger partial charge in [-0.3, -0.25) is 4.79 Å². The molecular formula is C16H32O6. The van der Waals surface area contributed by atoms with E-state index in [0.29, 0.717) is 26.4 Å². The minimum Gasteiger partial charge on any atom is -0.481 e. The Morgan fingerprint density at radius 3 is 1.55 bits per heavy atom. The predicted octanol–water partition coefficient (Wildman–Crippen LogP) is 2.35. The Labute approximate surface area is 134 Å². The largest absolute Gasteiger partial charge is 0.481 e. The summed E-state index contributed by atoms with van der Waals surface area (Å²) in [7, 11) is 0. The monoisotopic (exact) mass is 320 g/mol. The van der Waals surface area contributed by atoms with Gasteiger partial charge in [0.25, 0.3) is 0 Å². The average Bonchev–Trinajstić information content (AvgIpc) is 2.50. The molecule has 0 spiro atoms. The summed E-state index contributed by atoms with van der Waals surface area (Å²) in [5, 5.41) is 9.10. The van der Waals surface area contributed by atoms with Gasteiger partial charge >= 0.3 is 5.97 Å². The highest BCUT2D eigenvalue weighted by atomic mass is 16.5. The van der Waals surface area contributed by atoms with Gasteiger partial charge in [0, 0.05) is 13.2 Å². The van der Waals surface area contributed by atoms with Crippen LogP contribution in [-0.2, 0) is 23.7 Å². The van der Waals surface area contributed by atoms with Crippen LogP contribution in [0.4, 0.5) is 0 Å². The number of aliphatic carboxylic acids is 1. The van der Waals surface area contributed by atoms with E-state index in [1.54, 1.807) is 0 Å². The maximum absolute atomic E-state index is 11.1. The fourth-order valence-electron chi connectivity index (χ4n) is 1.57. The number of carbonyl (C=O) groups is 1. The van der Waals surface area contributed by atoms with Gasteiger partial charge in [0.1, 0.15) is 5.92 Å². The van der Waals surface area contributed by atoms with Crippen LogP contribution < -0.4 is 0 Å². The summed E-state index contributed by atoms with van der Waals surface area (Å²) in [6, 6.07) is 0. The highest BCUT2D eigenvalue weighted by Crippen LogP contribution is 2.00. The molecule has 0 aliphatic carbocycles. The van der Waals surface area contributed by atoms with Gasteiger partial charge in [-0.25, -0.2) is 0 Å². The maximum Gasteiger partial charge on any atom is 0.311 e. The Bertz CT molecular complexity index is 229. The molecule has 0 amide bonds. The SMILES string of the molecule is CCCCOCCOCC(COCCOCCCC)C(=O)O. The number of carboxylic acid groups (broad SMARTS) is 1. The highest BCUT2D eigenvalue weighted by molar-refractivity contribution is 5.70. The lowest BCUT2D eigenvalue weighted by molar-refractivity contribution is -0.147. The van der Waals surface area contributed by atoms with Gasteiger partial charge < -0.3 is 24.1 Å². The standard InChI is InChI=1S/C16H32O6/c1-3-5-7-19-9-11-21-13-15(16(17)18)14-22-12-10-20-8-6-4-2/h15H,3-14H2,1-2H3,(H,17,18). The summed E-state index contributed by atoms with van der Waals surface area (Å²) < 4.78 is 21.3. The second kappa shape index (κ2) is 16.7. The lowest BCUT2D eigenvalue weighted by Crippen LogP contribution is -2.26. The summed E-state index contributed by atoms with van der Waals surface area (Å²) in [4.78, 5) is 11.1. The number of hydrogen-bond donors (Lipinski definition) is 1. The van der Waals surface area contributed by atoms with E-state index in [0.717, 1.165) is 38.9 Å². The van der Waals surface area contributed by atoms with Crippen molar-refractivity contribution in [2.45, 2.75) is 39.5 Å². The molecule has 0 aromatic carbocycles. The van der Waals surface area contributed by atoms with Crippen molar-refractivity contribution in [2.24, 2.45) is 5.92 Å². The van der Waals surface area contributed by atoms with Crippen LogP contribution in [0.5, 0.6) is 0 Å². The lowest BCUT2D eigenvalue weighted by atomic mass is 10.2. The third-order valence-corrected chi connectivity index (χ3v) is 3.02. The molecule has 0 saturated carbocycles. The Kier molecular flexibility index (Phi) is 16.2. The van der Waals surface area contributed by atoms with Gasteiger partial charge in [0.05, 0.1) is 39.6 Å². The number of carboxylic acids is 1. The van der Waals surface area contributed by atoms with Crippen molar-refractivity contribution < 1.29 is 28.8 Å². The zero-order chi connectivity index (χ0) is 16.5. The molecule has 0 saturated heterocycles. The molecule has 0 aromatic heterocycles. The molecule has 0 aromatic rings. The quantitative estimate of drug-likeness (QED) is 0.415. The molecule has 132 valence electrons. The van der Waals surface area contributed by atoms with E-state index >= 15 is 0 Å². The van der Waals surface area contributed by atoms with Crippen molar-refractivity contribution >= 4 is 5.97 Å². The molecule has 22 heavy (non-hydrogen) atoms. The summed E-state index contributed by atoms with van der Waals surface area (Å²) in [6.07, 6.45) is 4.26. The molecule has 0 bridgehead atoms. The Balaban J connectivity index is 3.51. The van der Waals surface area contributed by atoms with Crippen LogP contribution >= 0.6 is 0 Å². The first-order valence-electron chi connectivity index (χ1n) is 8.26. The highest BCUT2D eigenvalue weighted by Gasteiger charge is 2.17. The van der Waals surface area contributed by atoms with Crippen molar-refractivity contribution in [2.75, 3.05) is 52.9 Å². The van der Waals surface area contributed by atoms with Crippen LogP contribution in [0.3, 0.4) is 0 Å². The molecule has 0 heterocycles. The first-order chi connectivity index (χ1) is 10.7. The number of hydrogen-bond acceptors (Lipinski definition) is 5. The van der Waals surface area contributed by atoms with Crippen molar-refractivity contribution in [3.05, 3.63) is 0 Å². The van der Waals surface area contributed by atoms with Gasteiger partial charge in [0.15, 0.2) is 0 Å². The van der Waals surface area contributed by atoms with Crippen molar-refractivity contribution in [1.82, 2.24) is 0 Å². The normalized spacial score (nSPS) is 11.2. The van der Waals surface area contributed by atoms with Crippen LogP contribution in [0.1, 0.15) is 39.5 Å². The van der Waals surface area contributed by atoms with Crippen molar-refractivity contribution in [3.63, 3.8) is 0 Å². The minimum absolute atomic E-state index is 0.142. The van der Waals surface area contributed by atoms with Crippen molar-refractivity contribution in [1.29, 1.82) is 0 Å². The Morgan fingerprint density at radius 2 is 1.18 bits per heavy atom. The van der Waals surface area contributed by atoms with E-state index in [4.69, 9.17) is 24.1 Å². The van der Waals surface area contributed by atoms with E-state index in [2.05, 4.69) is 13.8 Å². The predicted molar refractivity (Wildman–Crippen MR) is 84.2 cm³/mol. The molecule has 1 N–H and O–H groups in total. The first-order valence-corrected chi connectivity index (χ1v) is 8.26. The molecule has 0 atom stereocenters. The van der Waals surface area contributed by atoms with Crippen LogP contribution in [-0.4, -0.2) is 63.9 Å². The van der Waals surface area contributed by atoms with E-state index < -0.39 is 11.9 Å². The summed E-state index contributed by atoms with van der Waals surface area (Å²) in [5.41, 5.74) is 0. The molecule has 0 rings (SSSR count). The molecule has 0 aliphatic rings. The molecule has 0 radical (unpaired) electrons. The lowest BCUT2D eigenvalue weighted by Gasteiger charge is -2.13. The van der Waals surface area contributed by atoms with Crippen LogP contribution in [0.25, 0.3) is 0 Å². The second-order valence-electron chi connectivity index (χ2n) is 5.12. The molecule has 0 unspecified atom stereocenters. The number of ether oxygens (including phenoxy) is 4. The maximum atomic E-state index is 11.1. The molecular weight excluding hydrogens is 288 g/mol. The van der Waals surface area contributed by atoms with Crippen LogP contribution in [0.15, 0.2) is 0 Å². The Morgan fingerprint density at radius 1 is 0.773 bits per heavy atom. The van der Waals surface area contributed by atoms with Gasteiger partial charge in [-0.05, 0) is 12.8 Å². The smallest absolute Gasteiger partial charge is 0.311 e. The van der Waals surface area contributed by atoms with E-state index in [1.807, 2.05) is 0 Å². The third kappa shape index (κ3) is 14.3. The van der Waals surface area contributed by atoms with Gasteiger partial charge in [-0.1, -0.05) is 26.7 Å². The molecule has 0 fully saturated rings. The van der Waals surface area contributed by atoms with Gasteiger partial charge in [0.2, 0.25) is 0 Å². The van der Waals surface area contributed by atoms with Crippen LogP contribution in [0, 0.1) is 5.92 Å². The second-order valence-corrected chi connectivity index (χ2v) is 5.12. The Hall–Kier alpha value is -0.690. The van der Waals surface area contributed by atoms with Gasteiger partial charge in [-0.2, -0.15) is 0 Å². The fraction of sp³-hybridized carbons (Fsp3) is 0.938. The van der Waals surface area contributed by atoms with Crippen molar-refractivity contribution in [3.8, 4) is 0 Å². The fourth-order valence-corrected chi connectivity index (χ4v) is 1.57. The zero-order valence-electron chi connectivity index (χ0n) is 14.1. The molecule has 0 aliphatic heterocycles. The third-order valence-electron chi connectivity index (χ3n) is 3.02. The topological polar surface area (TPSA) is 74.2 Å². The average molecular weight is 320 g/mol. The summed E-state index contributed by atoms with van der Waals surface area (Å²) >= 11 is 0. The van der Waals surface area contributed by atoms with E-state index in [-0.39, 0.29) is 13.2 Å². The van der Waals surface area contributed by atoms with E-state index in [1.165, 1.54) is 0 Å². The van der Waals surface area contributed by atoms with Crippen LogP contribution in [0.2, 0.25) is 0 Å². The zero-order valence-corrected chi connectivity index (χ0v) is 14.1. The number of unbranched alkanes of at least 4 members (excludes halogenated alkanes) is 2. The summed E-state index contributed by atoms with van der Waals surface area (Å²) in [6.45, 7) is 7.76. The molecule has 6 heteroatoms. The number of rotatable bonds is 17. The summed E-state index contributed by atoms with van der Waals surface area (Å²) in [5.74, 6) is -1.55. The van der Waals surface area contributed by atoms with Gasteiger partial charge in [-0.15, -0.1) is 0 Å². The molecule has 6 nitrogen and oxygen atoms in total. The minimum atomic E-state index is -0.904. The first kappa shape index (κ1) is 21.3.